The van der Waals surface area contributed by atoms with Gasteiger partial charge in [0.25, 0.3) is 0 Å². The van der Waals surface area contributed by atoms with E-state index in [0.717, 1.165) is 12.0 Å². The number of esters is 1. The molecule has 2 saturated heterocycles. The molecule has 2 N–H and O–H groups in total. The number of carbonyl (C=O) groups excluding carboxylic acids is 2. The zero-order valence-electron chi connectivity index (χ0n) is 24.9. The molecule has 236 valence electrons. The average Bonchev–Trinajstić information content (AvgIpc) is 3.43. The molecule has 3 aromatic rings. The van der Waals surface area contributed by atoms with Gasteiger partial charge in [0.05, 0.1) is 34.6 Å². The number of rotatable bonds is 11. The van der Waals surface area contributed by atoms with Crippen molar-refractivity contribution < 1.29 is 28.8 Å². The number of hydrazine groups is 1. The molecule has 2 heterocycles. The molecular weight excluding hydrogens is 639 g/mol. The Bertz CT molecular complexity index is 1650. The smallest absolute Gasteiger partial charge is 0.330 e. The number of nitrogens with one attached hydrogen (secondary N) is 1. The van der Waals surface area contributed by atoms with Crippen LogP contribution < -0.4 is 10.5 Å². The molecule has 0 radical (unpaired) electrons. The number of hydrogen-bond donors (Lipinski definition) is 2. The summed E-state index contributed by atoms with van der Waals surface area (Å²) in [5.74, 6) is -1.81. The minimum absolute atomic E-state index is 0.0665. The number of nitrogens with zero attached hydrogens (tertiary/aromatic N) is 3. The Hall–Kier alpha value is -3.47. The summed E-state index contributed by atoms with van der Waals surface area (Å²) in [4.78, 5) is 43.7. The molecule has 0 bridgehead atoms. The molecule has 3 atom stereocenters. The Labute approximate surface area is 276 Å². The summed E-state index contributed by atoms with van der Waals surface area (Å²) in [6.45, 7) is 4.94. The third-order valence-electron chi connectivity index (χ3n) is 8.52. The fourth-order valence-electron chi connectivity index (χ4n) is 6.16. The Morgan fingerprint density at radius 1 is 1.09 bits per heavy atom. The van der Waals surface area contributed by atoms with Gasteiger partial charge in [0.1, 0.15) is 12.6 Å². The van der Waals surface area contributed by atoms with Crippen molar-refractivity contribution in [3.05, 3.63) is 98.5 Å². The van der Waals surface area contributed by atoms with Crippen molar-refractivity contribution in [1.29, 1.82) is 0 Å². The summed E-state index contributed by atoms with van der Waals surface area (Å²) in [7, 11) is 0. The second-order valence-electron chi connectivity index (χ2n) is 11.4. The first-order valence-electron chi connectivity index (χ1n) is 14.7. The van der Waals surface area contributed by atoms with Crippen LogP contribution in [0.3, 0.4) is 0 Å². The highest BCUT2D eigenvalue weighted by molar-refractivity contribution is 6.42. The highest BCUT2D eigenvalue weighted by Crippen LogP contribution is 2.45. The van der Waals surface area contributed by atoms with E-state index < -0.39 is 23.5 Å². The maximum absolute atomic E-state index is 14.4. The fraction of sp³-hybridized carbons (Fsp3) is 0.333. The minimum Gasteiger partial charge on any atom is -0.481 e. The van der Waals surface area contributed by atoms with Crippen LogP contribution in [0.5, 0.6) is 0 Å². The van der Waals surface area contributed by atoms with Crippen molar-refractivity contribution >= 4 is 64.0 Å². The van der Waals surface area contributed by atoms with Crippen molar-refractivity contribution in [2.24, 2.45) is 4.99 Å². The number of amides is 1. The number of hydrogen-bond acceptors (Lipinski definition) is 6. The number of carboxylic acid groups (broad SMARTS) is 1. The lowest BCUT2D eigenvalue weighted by Gasteiger charge is -2.37. The zero-order valence-corrected chi connectivity index (χ0v) is 27.2. The second kappa shape index (κ2) is 13.5. The summed E-state index contributed by atoms with van der Waals surface area (Å²) in [6.07, 6.45) is 1.17. The van der Waals surface area contributed by atoms with Gasteiger partial charge >= 0.3 is 17.8 Å². The molecule has 9 nitrogen and oxygen atoms in total. The van der Waals surface area contributed by atoms with Gasteiger partial charge in [-0.2, -0.15) is 5.01 Å². The second-order valence-corrected chi connectivity index (χ2v) is 12.7. The number of aliphatic imine (C=N–C) groups is 1. The number of ether oxygens (including phenoxy) is 1. The van der Waals surface area contributed by atoms with Gasteiger partial charge in [-0.25, -0.2) is 9.39 Å². The average molecular weight is 673 g/mol. The van der Waals surface area contributed by atoms with Crippen molar-refractivity contribution in [2.75, 3.05) is 18.2 Å². The monoisotopic (exact) mass is 671 g/mol. The molecule has 1 unspecified atom stereocenters. The van der Waals surface area contributed by atoms with Crippen LogP contribution in [-0.2, 0) is 25.7 Å². The summed E-state index contributed by atoms with van der Waals surface area (Å²) < 4.78 is 5.54. The Balaban J connectivity index is 1.63. The maximum atomic E-state index is 14.4. The number of quaternary nitrogens is 1. The van der Waals surface area contributed by atoms with Gasteiger partial charge in [0.2, 0.25) is 0 Å². The number of carbonyl (C=O) groups is 3. The van der Waals surface area contributed by atoms with Crippen LogP contribution in [0.2, 0.25) is 15.1 Å². The summed E-state index contributed by atoms with van der Waals surface area (Å²) in [5.41, 5.74) is 5.70. The molecule has 3 aromatic carbocycles. The summed E-state index contributed by atoms with van der Waals surface area (Å²) >= 11 is 19.1. The van der Waals surface area contributed by atoms with E-state index in [-0.39, 0.29) is 29.9 Å². The third kappa shape index (κ3) is 6.59. The van der Waals surface area contributed by atoms with Gasteiger partial charge < -0.3 is 9.84 Å². The molecule has 0 aromatic heterocycles. The molecule has 2 aliphatic rings. The number of anilines is 1. The first-order valence-corrected chi connectivity index (χ1v) is 15.9. The topological polar surface area (TPSA) is 108 Å². The SMILES string of the molecule is CCOC(=O)[C@@H](CCC(=O)O)N=C(c1ccccc1)c1cc(Cl)ccc1N1N[N+]2(Cc3ccc(Cl)c(Cl)c3)CCC[C@@]2(C)C1=O. The molecule has 1 amide bonds. The van der Waals surface area contributed by atoms with E-state index in [0.29, 0.717) is 57.1 Å². The lowest BCUT2D eigenvalue weighted by Crippen LogP contribution is -2.62. The predicted octanol–water partition coefficient (Wildman–Crippen LogP) is 6.62. The zero-order chi connectivity index (χ0) is 32.4. The first kappa shape index (κ1) is 32.9. The highest BCUT2D eigenvalue weighted by atomic mass is 35.5. The largest absolute Gasteiger partial charge is 0.481 e. The van der Waals surface area contributed by atoms with Gasteiger partial charge in [-0.05, 0) is 43.7 Å². The van der Waals surface area contributed by atoms with Gasteiger partial charge in [0.15, 0.2) is 5.54 Å². The number of benzene rings is 3. The normalized spacial score (nSPS) is 21.9. The van der Waals surface area contributed by atoms with E-state index in [1.54, 1.807) is 36.2 Å². The predicted molar refractivity (Wildman–Crippen MR) is 174 cm³/mol. The Morgan fingerprint density at radius 3 is 2.53 bits per heavy atom. The molecule has 0 spiro atoms. The van der Waals surface area contributed by atoms with E-state index in [1.807, 2.05) is 49.4 Å². The van der Waals surface area contributed by atoms with E-state index >= 15 is 0 Å². The number of halogens is 3. The summed E-state index contributed by atoms with van der Waals surface area (Å²) in [5, 5.41) is 12.2. The molecule has 0 aliphatic carbocycles. The fourth-order valence-corrected chi connectivity index (χ4v) is 6.65. The molecular formula is C33H34Cl3N4O5+. The highest BCUT2D eigenvalue weighted by Gasteiger charge is 2.65. The quantitative estimate of drug-likeness (QED) is 0.135. The lowest BCUT2D eigenvalue weighted by atomic mass is 9.95. The third-order valence-corrected chi connectivity index (χ3v) is 9.49. The van der Waals surface area contributed by atoms with Crippen LogP contribution in [0, 0.1) is 0 Å². The van der Waals surface area contributed by atoms with Crippen molar-refractivity contribution in [3.63, 3.8) is 0 Å². The van der Waals surface area contributed by atoms with E-state index in [4.69, 9.17) is 44.5 Å². The van der Waals surface area contributed by atoms with Crippen LogP contribution in [-0.4, -0.2) is 58.0 Å². The Morgan fingerprint density at radius 2 is 1.84 bits per heavy atom. The number of carboxylic acids is 1. The first-order chi connectivity index (χ1) is 21.5. The van der Waals surface area contributed by atoms with Crippen LogP contribution in [0.1, 0.15) is 56.2 Å². The van der Waals surface area contributed by atoms with Crippen LogP contribution in [0.4, 0.5) is 5.69 Å². The van der Waals surface area contributed by atoms with Crippen LogP contribution >= 0.6 is 34.8 Å². The number of fused-ring (bicyclic) bond motifs is 1. The van der Waals surface area contributed by atoms with E-state index in [2.05, 4.69) is 5.53 Å². The minimum atomic E-state index is -1.10. The molecule has 5 rings (SSSR count). The molecule has 0 saturated carbocycles. The standard InChI is InChI=1S/C33H33Cl3N4O5/c1-3-45-31(43)27(13-15-29(41)42)37-30(22-8-5-4-6-9-22)24-19-23(34)11-14-28(24)39-32(44)33(2)16-7-17-40(33,38-39)20-21-10-12-25(35)26(36)18-21/h4-6,8-12,14,18-19,27,38H,3,7,13,15-17,20H2,1-2H3/p+1/t27-,33+,40?/m1/s1. The molecule has 2 fully saturated rings. The number of aliphatic carboxylic acids is 1. The van der Waals surface area contributed by atoms with Gasteiger partial charge in [-0.1, -0.05) is 76.7 Å². The van der Waals surface area contributed by atoms with Crippen molar-refractivity contribution in [2.45, 2.75) is 57.7 Å². The molecule has 45 heavy (non-hydrogen) atoms. The summed E-state index contributed by atoms with van der Waals surface area (Å²) in [6, 6.07) is 18.7. The van der Waals surface area contributed by atoms with Crippen LogP contribution in [0.25, 0.3) is 0 Å². The molecule has 12 heteroatoms. The maximum Gasteiger partial charge on any atom is 0.330 e. The van der Waals surface area contributed by atoms with Crippen molar-refractivity contribution in [1.82, 2.24) is 5.53 Å². The Kier molecular flexibility index (Phi) is 9.86. The van der Waals surface area contributed by atoms with E-state index in [1.165, 1.54) is 0 Å². The van der Waals surface area contributed by atoms with E-state index in [9.17, 15) is 19.5 Å². The van der Waals surface area contributed by atoms with Crippen molar-refractivity contribution in [3.8, 4) is 0 Å². The van der Waals surface area contributed by atoms with Crippen LogP contribution in [0.15, 0.2) is 71.7 Å². The molecule has 2 aliphatic heterocycles. The van der Waals surface area contributed by atoms with Gasteiger partial charge in [-0.15, -0.1) is 0 Å². The lowest BCUT2D eigenvalue weighted by molar-refractivity contribution is -0.996. The van der Waals surface area contributed by atoms with Gasteiger partial charge in [-0.3, -0.25) is 14.6 Å². The van der Waals surface area contributed by atoms with Gasteiger partial charge in [0, 0.05) is 47.9 Å².